The van der Waals surface area contributed by atoms with Crippen LogP contribution in [0.2, 0.25) is 0 Å². The number of anilines is 3. The van der Waals surface area contributed by atoms with Gasteiger partial charge in [0, 0.05) is 79.3 Å². The van der Waals surface area contributed by atoms with E-state index in [4.69, 9.17) is 4.99 Å². The van der Waals surface area contributed by atoms with Crippen molar-refractivity contribution < 1.29 is 41.8 Å². The van der Waals surface area contributed by atoms with E-state index in [0.29, 0.717) is 60.8 Å². The van der Waals surface area contributed by atoms with Gasteiger partial charge in [-0.05, 0) is 98.7 Å². The molecular weight excluding hydrogens is 917 g/mol. The number of hydrogen-bond donors (Lipinski definition) is 4. The van der Waals surface area contributed by atoms with E-state index in [0.717, 1.165) is 36.7 Å². The highest BCUT2D eigenvalue weighted by Gasteiger charge is 2.58. The fourth-order valence-electron chi connectivity index (χ4n) is 11.8. The highest BCUT2D eigenvalue weighted by molar-refractivity contribution is 7.13. The van der Waals surface area contributed by atoms with E-state index >= 15 is 17.6 Å². The van der Waals surface area contributed by atoms with Crippen LogP contribution in [0.15, 0.2) is 71.2 Å². The molecule has 4 amide bonds. The fourth-order valence-corrected chi connectivity index (χ4v) is 12.3. The SMILES string of the molecule is CC12CCCN1C=NC2C(C(=O)Nc1nccs1)N1Cc2c(F)cc(-c3ccc(N4CCN(C(=O)CN5CCC(c6ccc(NC78CC(C7)C(=O)NC8=O)cc6F)C(F)(F)C5)CC4)cc3)cc2C1O. The summed E-state index contributed by atoms with van der Waals surface area (Å²) in [7, 11) is 0. The monoisotopic (exact) mass is 968 g/mol. The molecule has 69 heavy (non-hydrogen) atoms. The van der Waals surface area contributed by atoms with Crippen LogP contribution in [-0.2, 0) is 25.7 Å². The maximum absolute atomic E-state index is 16.1. The lowest BCUT2D eigenvalue weighted by Crippen LogP contribution is -2.69. The molecule has 15 nitrogen and oxygen atoms in total. The highest BCUT2D eigenvalue weighted by atomic mass is 32.1. The lowest BCUT2D eigenvalue weighted by Gasteiger charge is -2.50. The third kappa shape index (κ3) is 8.02. The molecule has 0 radical (unpaired) electrons. The first-order valence-corrected chi connectivity index (χ1v) is 24.4. The molecule has 4 N–H and O–H groups in total. The Labute approximate surface area is 399 Å². The van der Waals surface area contributed by atoms with Crippen molar-refractivity contribution in [1.82, 2.24) is 29.9 Å². The summed E-state index contributed by atoms with van der Waals surface area (Å²) < 4.78 is 62.9. The molecule has 0 spiro atoms. The minimum absolute atomic E-state index is 0.0199. The second-order valence-electron chi connectivity index (χ2n) is 19.8. The van der Waals surface area contributed by atoms with Crippen LogP contribution in [0.3, 0.4) is 0 Å². The van der Waals surface area contributed by atoms with E-state index in [1.807, 2.05) is 24.3 Å². The van der Waals surface area contributed by atoms with Crippen molar-refractivity contribution in [2.24, 2.45) is 10.9 Å². The maximum Gasteiger partial charge on any atom is 0.267 e. The number of rotatable bonds is 11. The zero-order valence-corrected chi connectivity index (χ0v) is 38.7. The van der Waals surface area contributed by atoms with E-state index in [2.05, 4.69) is 37.7 Å². The predicted octanol–water partition coefficient (Wildman–Crippen LogP) is 5.16. The molecule has 5 unspecified atom stereocenters. The minimum Gasteiger partial charge on any atom is -0.374 e. The van der Waals surface area contributed by atoms with Crippen LogP contribution < -0.4 is 20.9 Å². The molecule has 5 atom stereocenters. The summed E-state index contributed by atoms with van der Waals surface area (Å²) in [5.41, 5.74) is 1.61. The zero-order chi connectivity index (χ0) is 48.0. The number of aliphatic hydroxyl groups is 1. The van der Waals surface area contributed by atoms with Gasteiger partial charge in [0.2, 0.25) is 17.7 Å². The van der Waals surface area contributed by atoms with E-state index < -0.39 is 65.3 Å². The molecule has 4 aromatic rings. The van der Waals surface area contributed by atoms with Crippen LogP contribution in [0.4, 0.5) is 34.1 Å². The maximum atomic E-state index is 16.1. The molecule has 20 heteroatoms. The topological polar surface area (TPSA) is 166 Å². The first kappa shape index (κ1) is 45.5. The van der Waals surface area contributed by atoms with Crippen molar-refractivity contribution in [2.45, 2.75) is 86.8 Å². The minimum atomic E-state index is -3.31. The number of piperazine rings is 1. The van der Waals surface area contributed by atoms with Gasteiger partial charge in [-0.25, -0.2) is 22.5 Å². The second-order valence-corrected chi connectivity index (χ2v) is 20.7. The molecule has 2 bridgehead atoms. The summed E-state index contributed by atoms with van der Waals surface area (Å²) in [6.45, 7) is 4.00. The van der Waals surface area contributed by atoms with Gasteiger partial charge in [0.05, 0.1) is 36.9 Å². The highest BCUT2D eigenvalue weighted by Crippen LogP contribution is 2.47. The first-order valence-electron chi connectivity index (χ1n) is 23.5. The van der Waals surface area contributed by atoms with Gasteiger partial charge in [-0.2, -0.15) is 0 Å². The van der Waals surface area contributed by atoms with Gasteiger partial charge in [0.15, 0.2) is 5.13 Å². The molecule has 8 aliphatic rings. The van der Waals surface area contributed by atoms with Crippen molar-refractivity contribution in [3.63, 3.8) is 0 Å². The van der Waals surface area contributed by atoms with Crippen molar-refractivity contribution in [1.29, 1.82) is 0 Å². The molecule has 6 fully saturated rings. The molecule has 1 aromatic heterocycles. The number of nitrogens with one attached hydrogen (secondary N) is 3. The number of aliphatic imine (C=N–C) groups is 1. The Bertz CT molecular complexity index is 2730. The van der Waals surface area contributed by atoms with Gasteiger partial charge < -0.3 is 30.4 Å². The third-order valence-electron chi connectivity index (χ3n) is 15.7. The standard InChI is InChI=1S/C49H52F4N10O5S/c1-47-10-2-12-62(47)27-55-41(47)40(43(66)57-46-54-11-18-69-46)63-24-35-34(44(63)67)19-29(20-37(35)50)28-3-6-32(7-4-28)60-14-16-61(17-15-60)39(64)25-59-13-9-36(49(52,53)26-59)33-8-5-31(21-38(33)51)58-48-22-30(23-48)42(65)56-45(48)68/h3-8,11,18-21,27,30,36,40-41,44,58,67H,2,9-10,12-17,22-26H2,1H3,(H,54,57,66)(H,56,65,68). The summed E-state index contributed by atoms with van der Waals surface area (Å²) in [6, 6.07) is 13.4. The molecule has 362 valence electrons. The second kappa shape index (κ2) is 17.2. The quantitative estimate of drug-likeness (QED) is 0.116. The number of likely N-dealkylation sites (tertiary alicyclic amines) is 1. The number of nitrogens with zero attached hydrogens (tertiary/aromatic N) is 7. The van der Waals surface area contributed by atoms with Gasteiger partial charge in [-0.15, -0.1) is 11.3 Å². The predicted molar refractivity (Wildman–Crippen MR) is 250 cm³/mol. The van der Waals surface area contributed by atoms with Gasteiger partial charge in [-0.1, -0.05) is 18.2 Å². The number of imide groups is 1. The first-order chi connectivity index (χ1) is 33.1. The number of piperidine rings is 3. The van der Waals surface area contributed by atoms with Crippen LogP contribution in [0.25, 0.3) is 11.1 Å². The average Bonchev–Trinajstić information content (AvgIpc) is 4.10. The van der Waals surface area contributed by atoms with Crippen LogP contribution in [0, 0.1) is 17.6 Å². The Kier molecular flexibility index (Phi) is 11.3. The Hall–Kier alpha value is -5.96. The Morgan fingerprint density at radius 1 is 0.957 bits per heavy atom. The van der Waals surface area contributed by atoms with E-state index in [1.165, 1.54) is 34.4 Å². The zero-order valence-electron chi connectivity index (χ0n) is 37.8. The molecule has 1 aliphatic carbocycles. The number of alkyl halides is 2. The summed E-state index contributed by atoms with van der Waals surface area (Å²) >= 11 is 1.29. The number of benzene rings is 3. The number of aromatic nitrogens is 1. The normalized spacial score (nSPS) is 28.8. The summed E-state index contributed by atoms with van der Waals surface area (Å²) in [4.78, 5) is 69.8. The van der Waals surface area contributed by atoms with Gasteiger partial charge in [0.1, 0.15) is 29.4 Å². The van der Waals surface area contributed by atoms with Crippen molar-refractivity contribution in [3.8, 4) is 11.1 Å². The molecular formula is C49H52F4N10O5S. The average molecular weight is 969 g/mol. The summed E-state index contributed by atoms with van der Waals surface area (Å²) in [6.07, 6.45) is 4.44. The molecule has 12 rings (SSSR count). The number of hydrogen-bond acceptors (Lipinski definition) is 13. The summed E-state index contributed by atoms with van der Waals surface area (Å²) in [5, 5.41) is 22.3. The smallest absolute Gasteiger partial charge is 0.267 e. The number of halogens is 4. The van der Waals surface area contributed by atoms with Gasteiger partial charge in [0.25, 0.3) is 11.8 Å². The molecule has 1 saturated carbocycles. The van der Waals surface area contributed by atoms with E-state index in [1.54, 1.807) is 33.8 Å². The molecule has 3 aromatic carbocycles. The fraction of sp³-hybridized carbons (Fsp3) is 0.469. The number of thiazole rings is 1. The number of aliphatic hydroxyl groups excluding tert-OH is 1. The number of carbonyl (C=O) groups is 4. The van der Waals surface area contributed by atoms with Gasteiger partial charge >= 0.3 is 0 Å². The lowest BCUT2D eigenvalue weighted by atomic mass is 9.64. The van der Waals surface area contributed by atoms with E-state index in [9.17, 15) is 24.3 Å². The van der Waals surface area contributed by atoms with Crippen molar-refractivity contribution >= 4 is 57.8 Å². The van der Waals surface area contributed by atoms with Gasteiger partial charge in [-0.3, -0.25) is 39.3 Å². The van der Waals surface area contributed by atoms with Crippen molar-refractivity contribution in [2.75, 3.05) is 67.9 Å². The molecule has 8 heterocycles. The molecule has 5 saturated heterocycles. The number of fused-ring (bicyclic) bond motifs is 4. The Balaban J connectivity index is 0.694. The van der Waals surface area contributed by atoms with Crippen LogP contribution in [-0.4, -0.2) is 141 Å². The Morgan fingerprint density at radius 2 is 1.74 bits per heavy atom. The van der Waals surface area contributed by atoms with Crippen LogP contribution >= 0.6 is 11.3 Å². The van der Waals surface area contributed by atoms with Crippen molar-refractivity contribution in [3.05, 3.63) is 94.5 Å². The van der Waals surface area contributed by atoms with E-state index in [-0.39, 0.29) is 60.9 Å². The lowest BCUT2D eigenvalue weighted by molar-refractivity contribution is -0.149. The van der Waals surface area contributed by atoms with Crippen LogP contribution in [0.5, 0.6) is 0 Å². The Morgan fingerprint density at radius 3 is 2.45 bits per heavy atom. The molecule has 7 aliphatic heterocycles. The largest absolute Gasteiger partial charge is 0.374 e. The summed E-state index contributed by atoms with van der Waals surface area (Å²) in [5.74, 6) is -7.69. The number of carbonyl (C=O) groups excluding carboxylic acids is 4. The van der Waals surface area contributed by atoms with Crippen LogP contribution in [0.1, 0.15) is 67.9 Å². The number of amides is 4. The third-order valence-corrected chi connectivity index (χ3v) is 16.4.